The van der Waals surface area contributed by atoms with Gasteiger partial charge in [0.05, 0.1) is 17.8 Å². The molecule has 0 saturated carbocycles. The first-order valence-corrected chi connectivity index (χ1v) is 13.9. The van der Waals surface area contributed by atoms with Gasteiger partial charge in [0, 0.05) is 29.0 Å². The molecule has 5 nitrogen and oxygen atoms in total. The quantitative estimate of drug-likeness (QED) is 0.219. The van der Waals surface area contributed by atoms with Crippen LogP contribution in [0.4, 0.5) is 5.69 Å². The van der Waals surface area contributed by atoms with E-state index in [0.717, 1.165) is 34.1 Å². The standard InChI is InChI=1S/C34H32N4OS/c1-22-12-14-26(15-13-22)37-24(3)21-29(25(37)4)33-32(30-10-7-8-20-35-30)36-34(40)38(33)27-16-18-28(19-17-27)39-31-11-6-5-9-23(31)2/h5-21,32-33H,1-4H3,(H,36,40)/t32-,33+/m1/s1. The average Bonchev–Trinajstić information content (AvgIpc) is 3.46. The fourth-order valence-corrected chi connectivity index (χ4v) is 5.95. The minimum absolute atomic E-state index is 0.0871. The van der Waals surface area contributed by atoms with Gasteiger partial charge in [0.2, 0.25) is 0 Å². The lowest BCUT2D eigenvalue weighted by Crippen LogP contribution is -2.29. The van der Waals surface area contributed by atoms with Gasteiger partial charge >= 0.3 is 0 Å². The van der Waals surface area contributed by atoms with E-state index in [-0.39, 0.29) is 12.1 Å². The molecule has 1 saturated heterocycles. The Hall–Kier alpha value is -4.42. The summed E-state index contributed by atoms with van der Waals surface area (Å²) in [6.45, 7) is 8.51. The van der Waals surface area contributed by atoms with E-state index in [9.17, 15) is 0 Å². The van der Waals surface area contributed by atoms with Crippen LogP contribution in [0.15, 0.2) is 103 Å². The van der Waals surface area contributed by atoms with Gasteiger partial charge in [-0.15, -0.1) is 0 Å². The van der Waals surface area contributed by atoms with Crippen LogP contribution in [0.1, 0.15) is 45.9 Å². The molecule has 6 heteroatoms. The van der Waals surface area contributed by atoms with E-state index in [2.05, 4.69) is 84.1 Å². The number of hydrogen-bond acceptors (Lipinski definition) is 3. The van der Waals surface area contributed by atoms with Crippen molar-refractivity contribution in [1.82, 2.24) is 14.9 Å². The molecule has 1 N–H and O–H groups in total. The van der Waals surface area contributed by atoms with Gasteiger partial charge in [-0.05, 0) is 112 Å². The molecule has 40 heavy (non-hydrogen) atoms. The smallest absolute Gasteiger partial charge is 0.174 e. The Bertz CT molecular complexity index is 1660. The Morgan fingerprint density at radius 2 is 1.50 bits per heavy atom. The van der Waals surface area contributed by atoms with Crippen molar-refractivity contribution in [2.75, 3.05) is 4.90 Å². The number of hydrogen-bond donors (Lipinski definition) is 1. The molecule has 5 aromatic rings. The van der Waals surface area contributed by atoms with Gasteiger partial charge < -0.3 is 19.5 Å². The number of anilines is 1. The summed E-state index contributed by atoms with van der Waals surface area (Å²) < 4.78 is 8.49. The molecule has 2 aromatic heterocycles. The molecule has 6 rings (SSSR count). The van der Waals surface area contributed by atoms with E-state index >= 15 is 0 Å². The maximum Gasteiger partial charge on any atom is 0.174 e. The van der Waals surface area contributed by atoms with E-state index in [0.29, 0.717) is 5.11 Å². The van der Waals surface area contributed by atoms with Crippen molar-refractivity contribution in [3.63, 3.8) is 0 Å². The van der Waals surface area contributed by atoms with Crippen molar-refractivity contribution in [2.45, 2.75) is 39.8 Å². The van der Waals surface area contributed by atoms with Crippen LogP contribution in [0.3, 0.4) is 0 Å². The molecular weight excluding hydrogens is 512 g/mol. The lowest BCUT2D eigenvalue weighted by molar-refractivity contribution is 0.479. The summed E-state index contributed by atoms with van der Waals surface area (Å²) in [5.41, 5.74) is 9.02. The summed E-state index contributed by atoms with van der Waals surface area (Å²) >= 11 is 5.97. The third-order valence-electron chi connectivity index (χ3n) is 7.62. The van der Waals surface area contributed by atoms with E-state index in [4.69, 9.17) is 21.9 Å². The minimum Gasteiger partial charge on any atom is -0.457 e. The summed E-state index contributed by atoms with van der Waals surface area (Å²) in [6, 6.07) is 33.0. The van der Waals surface area contributed by atoms with Gasteiger partial charge in [-0.3, -0.25) is 4.98 Å². The Kier molecular flexibility index (Phi) is 6.86. The second kappa shape index (κ2) is 10.6. The zero-order chi connectivity index (χ0) is 27.8. The van der Waals surface area contributed by atoms with Crippen molar-refractivity contribution >= 4 is 23.0 Å². The Labute approximate surface area is 241 Å². The number of rotatable bonds is 6. The third-order valence-corrected chi connectivity index (χ3v) is 7.93. The van der Waals surface area contributed by atoms with E-state index < -0.39 is 0 Å². The highest BCUT2D eigenvalue weighted by atomic mass is 32.1. The predicted molar refractivity (Wildman–Crippen MR) is 166 cm³/mol. The molecule has 1 aliphatic rings. The fourth-order valence-electron chi connectivity index (χ4n) is 5.60. The van der Waals surface area contributed by atoms with Crippen LogP contribution in [0.5, 0.6) is 11.5 Å². The van der Waals surface area contributed by atoms with Crippen LogP contribution < -0.4 is 15.0 Å². The van der Waals surface area contributed by atoms with E-state index in [1.807, 2.05) is 61.7 Å². The molecule has 3 aromatic carbocycles. The van der Waals surface area contributed by atoms with Crippen molar-refractivity contribution in [3.8, 4) is 17.2 Å². The highest BCUT2D eigenvalue weighted by molar-refractivity contribution is 7.80. The van der Waals surface area contributed by atoms with Crippen LogP contribution in [-0.2, 0) is 0 Å². The zero-order valence-electron chi connectivity index (χ0n) is 23.1. The molecular formula is C34H32N4OS. The third kappa shape index (κ3) is 4.75. The maximum atomic E-state index is 6.17. The first-order valence-electron chi connectivity index (χ1n) is 13.5. The molecule has 0 aliphatic carbocycles. The highest BCUT2D eigenvalue weighted by Gasteiger charge is 2.42. The lowest BCUT2D eigenvalue weighted by Gasteiger charge is -2.28. The summed E-state index contributed by atoms with van der Waals surface area (Å²) in [6.07, 6.45) is 1.84. The monoisotopic (exact) mass is 544 g/mol. The van der Waals surface area contributed by atoms with Gasteiger partial charge in [-0.1, -0.05) is 42.0 Å². The molecule has 0 amide bonds. The average molecular weight is 545 g/mol. The van der Waals surface area contributed by atoms with Gasteiger partial charge in [0.25, 0.3) is 0 Å². The summed E-state index contributed by atoms with van der Waals surface area (Å²) in [5.74, 6) is 1.64. The number of ether oxygens (including phenoxy) is 1. The van der Waals surface area contributed by atoms with Crippen molar-refractivity contribution in [1.29, 1.82) is 0 Å². The van der Waals surface area contributed by atoms with Gasteiger partial charge in [0.1, 0.15) is 11.5 Å². The van der Waals surface area contributed by atoms with Crippen molar-refractivity contribution in [2.24, 2.45) is 0 Å². The number of nitrogens with zero attached hydrogens (tertiary/aromatic N) is 3. The molecule has 200 valence electrons. The topological polar surface area (TPSA) is 42.3 Å². The van der Waals surface area contributed by atoms with Gasteiger partial charge in [0.15, 0.2) is 5.11 Å². The number of para-hydroxylation sites is 1. The summed E-state index contributed by atoms with van der Waals surface area (Å²) in [7, 11) is 0. The lowest BCUT2D eigenvalue weighted by atomic mass is 9.96. The first-order chi connectivity index (χ1) is 19.4. The maximum absolute atomic E-state index is 6.17. The number of aromatic nitrogens is 2. The second-order valence-corrected chi connectivity index (χ2v) is 10.7. The molecule has 3 heterocycles. The summed E-state index contributed by atoms with van der Waals surface area (Å²) in [4.78, 5) is 6.94. The molecule has 1 aliphatic heterocycles. The first kappa shape index (κ1) is 25.8. The molecule has 2 atom stereocenters. The normalized spacial score (nSPS) is 16.7. The molecule has 0 unspecified atom stereocenters. The summed E-state index contributed by atoms with van der Waals surface area (Å²) in [5, 5.41) is 4.26. The van der Waals surface area contributed by atoms with Crippen LogP contribution in [-0.4, -0.2) is 14.7 Å². The Morgan fingerprint density at radius 1 is 0.800 bits per heavy atom. The number of benzene rings is 3. The molecule has 0 spiro atoms. The van der Waals surface area contributed by atoms with Crippen molar-refractivity contribution < 1.29 is 4.74 Å². The molecule has 0 radical (unpaired) electrons. The van der Waals surface area contributed by atoms with Crippen LogP contribution in [0.25, 0.3) is 5.69 Å². The van der Waals surface area contributed by atoms with Crippen LogP contribution in [0, 0.1) is 27.7 Å². The number of thiocarbonyl (C=S) groups is 1. The van der Waals surface area contributed by atoms with Crippen molar-refractivity contribution in [3.05, 3.63) is 137 Å². The highest BCUT2D eigenvalue weighted by Crippen LogP contribution is 2.44. The molecule has 0 bridgehead atoms. The van der Waals surface area contributed by atoms with Gasteiger partial charge in [-0.2, -0.15) is 0 Å². The van der Waals surface area contributed by atoms with E-state index in [1.165, 1.54) is 22.5 Å². The Balaban J connectivity index is 1.41. The number of nitrogens with one attached hydrogen (secondary N) is 1. The van der Waals surface area contributed by atoms with Gasteiger partial charge in [-0.25, -0.2) is 0 Å². The zero-order valence-corrected chi connectivity index (χ0v) is 23.9. The van der Waals surface area contributed by atoms with E-state index in [1.54, 1.807) is 0 Å². The minimum atomic E-state index is -0.108. The SMILES string of the molecule is Cc1ccc(-n2c(C)cc([C@H]3[C@@H](c4ccccn4)NC(=S)N3c3ccc(Oc4ccccc4C)cc3)c2C)cc1. The van der Waals surface area contributed by atoms with Crippen LogP contribution >= 0.6 is 12.2 Å². The fraction of sp³-hybridized carbons (Fsp3) is 0.176. The number of aryl methyl sites for hydroxylation is 3. The largest absolute Gasteiger partial charge is 0.457 e. The second-order valence-electron chi connectivity index (χ2n) is 10.4. The molecule has 1 fully saturated rings. The number of pyridine rings is 1. The Morgan fingerprint density at radius 3 is 2.20 bits per heavy atom. The van der Waals surface area contributed by atoms with Crippen LogP contribution in [0.2, 0.25) is 0 Å². The predicted octanol–water partition coefficient (Wildman–Crippen LogP) is 8.08.